The highest BCUT2D eigenvalue weighted by Crippen LogP contribution is 2.10. The molecular formula is C15H22ClIN6. The third-order valence-electron chi connectivity index (χ3n) is 3.42. The number of aromatic nitrogens is 3. The number of aliphatic imine (C=N–C) groups is 1. The summed E-state index contributed by atoms with van der Waals surface area (Å²) in [6, 6.07) is 7.87. The van der Waals surface area contributed by atoms with Crippen molar-refractivity contribution in [2.24, 2.45) is 12.0 Å². The standard InChI is InChI=1S/C15H21ClN6.HI/c1-11-20-21-14(22(11)3)10-19-15(17-2)18-8-7-12-5-4-6-13(16)9-12;/h4-6,9H,7-8,10H2,1-3H3,(H2,17,18,19);1H. The Bertz CT molecular complexity index is 655. The van der Waals surface area contributed by atoms with Gasteiger partial charge in [-0.25, -0.2) is 0 Å². The largest absolute Gasteiger partial charge is 0.356 e. The van der Waals surface area contributed by atoms with Crippen LogP contribution in [-0.2, 0) is 20.0 Å². The van der Waals surface area contributed by atoms with Gasteiger partial charge >= 0.3 is 0 Å². The van der Waals surface area contributed by atoms with Gasteiger partial charge in [0.05, 0.1) is 6.54 Å². The number of benzene rings is 1. The molecule has 1 aromatic heterocycles. The highest BCUT2D eigenvalue weighted by atomic mass is 127. The first-order chi connectivity index (χ1) is 10.6. The van der Waals surface area contributed by atoms with E-state index in [2.05, 4.69) is 31.9 Å². The molecule has 0 aliphatic heterocycles. The minimum Gasteiger partial charge on any atom is -0.356 e. The minimum atomic E-state index is 0. The van der Waals surface area contributed by atoms with E-state index in [0.717, 1.165) is 35.6 Å². The highest BCUT2D eigenvalue weighted by Gasteiger charge is 2.05. The van der Waals surface area contributed by atoms with Crippen molar-refractivity contribution in [3.8, 4) is 0 Å². The van der Waals surface area contributed by atoms with Gasteiger partial charge in [0.25, 0.3) is 0 Å². The van der Waals surface area contributed by atoms with Gasteiger partial charge < -0.3 is 15.2 Å². The molecule has 2 aromatic rings. The minimum absolute atomic E-state index is 0. The molecule has 0 unspecified atom stereocenters. The van der Waals surface area contributed by atoms with E-state index in [4.69, 9.17) is 11.6 Å². The average molecular weight is 449 g/mol. The highest BCUT2D eigenvalue weighted by molar-refractivity contribution is 14.0. The maximum atomic E-state index is 5.98. The van der Waals surface area contributed by atoms with Crippen molar-refractivity contribution in [3.05, 3.63) is 46.5 Å². The molecule has 0 fully saturated rings. The van der Waals surface area contributed by atoms with Gasteiger partial charge in [0.15, 0.2) is 11.8 Å². The number of nitrogens with one attached hydrogen (secondary N) is 2. The summed E-state index contributed by atoms with van der Waals surface area (Å²) in [6.07, 6.45) is 0.879. The molecule has 0 bridgehead atoms. The molecule has 1 aromatic carbocycles. The van der Waals surface area contributed by atoms with Gasteiger partial charge in [0.1, 0.15) is 5.82 Å². The van der Waals surface area contributed by atoms with E-state index >= 15 is 0 Å². The van der Waals surface area contributed by atoms with Crippen molar-refractivity contribution in [2.45, 2.75) is 19.9 Å². The Labute approximate surface area is 158 Å². The van der Waals surface area contributed by atoms with Crippen LogP contribution in [0.2, 0.25) is 5.02 Å². The zero-order valence-corrected chi connectivity index (χ0v) is 16.6. The molecule has 0 saturated heterocycles. The second-order valence-electron chi connectivity index (χ2n) is 4.95. The van der Waals surface area contributed by atoms with E-state index in [9.17, 15) is 0 Å². The van der Waals surface area contributed by atoms with Crippen LogP contribution in [-0.4, -0.2) is 34.3 Å². The predicted octanol–water partition coefficient (Wildman–Crippen LogP) is 2.30. The molecule has 2 N–H and O–H groups in total. The van der Waals surface area contributed by atoms with Gasteiger partial charge in [-0.2, -0.15) is 0 Å². The molecule has 0 saturated carbocycles. The van der Waals surface area contributed by atoms with Crippen molar-refractivity contribution in [2.75, 3.05) is 13.6 Å². The fourth-order valence-corrected chi connectivity index (χ4v) is 2.22. The molecule has 0 spiro atoms. The first-order valence-electron chi connectivity index (χ1n) is 7.14. The van der Waals surface area contributed by atoms with Crippen molar-refractivity contribution in [1.29, 1.82) is 0 Å². The van der Waals surface area contributed by atoms with Crippen LogP contribution in [0, 0.1) is 6.92 Å². The van der Waals surface area contributed by atoms with Crippen LogP contribution in [0.5, 0.6) is 0 Å². The summed E-state index contributed by atoms with van der Waals surface area (Å²) in [5.41, 5.74) is 1.19. The van der Waals surface area contributed by atoms with Gasteiger partial charge in [-0.05, 0) is 31.0 Å². The maximum Gasteiger partial charge on any atom is 0.191 e. The summed E-state index contributed by atoms with van der Waals surface area (Å²) < 4.78 is 1.95. The third kappa shape index (κ3) is 5.98. The van der Waals surface area contributed by atoms with Crippen molar-refractivity contribution in [1.82, 2.24) is 25.4 Å². The van der Waals surface area contributed by atoms with Crippen molar-refractivity contribution < 1.29 is 0 Å². The fourth-order valence-electron chi connectivity index (χ4n) is 2.01. The number of halogens is 2. The van der Waals surface area contributed by atoms with Gasteiger partial charge in [-0.1, -0.05) is 23.7 Å². The second kappa shape index (κ2) is 9.71. The van der Waals surface area contributed by atoms with Crippen LogP contribution < -0.4 is 10.6 Å². The average Bonchev–Trinajstić information content (AvgIpc) is 2.82. The lowest BCUT2D eigenvalue weighted by atomic mass is 10.1. The molecule has 23 heavy (non-hydrogen) atoms. The first kappa shape index (κ1) is 19.7. The number of nitrogens with zero attached hydrogens (tertiary/aromatic N) is 4. The Morgan fingerprint density at radius 3 is 2.70 bits per heavy atom. The summed E-state index contributed by atoms with van der Waals surface area (Å²) >= 11 is 5.98. The third-order valence-corrected chi connectivity index (χ3v) is 3.65. The number of hydrogen-bond acceptors (Lipinski definition) is 3. The monoisotopic (exact) mass is 448 g/mol. The lowest BCUT2D eigenvalue weighted by Crippen LogP contribution is -2.38. The van der Waals surface area contributed by atoms with E-state index in [1.165, 1.54) is 5.56 Å². The smallest absolute Gasteiger partial charge is 0.191 e. The van der Waals surface area contributed by atoms with E-state index in [1.807, 2.05) is 36.7 Å². The summed E-state index contributed by atoms with van der Waals surface area (Å²) in [5.74, 6) is 2.50. The molecule has 0 aliphatic carbocycles. The van der Waals surface area contributed by atoms with Crippen LogP contribution in [0.15, 0.2) is 29.3 Å². The molecule has 6 nitrogen and oxygen atoms in total. The van der Waals surface area contributed by atoms with Crippen LogP contribution in [0.3, 0.4) is 0 Å². The topological polar surface area (TPSA) is 67.1 Å². The fraction of sp³-hybridized carbons (Fsp3) is 0.400. The van der Waals surface area contributed by atoms with Crippen LogP contribution in [0.4, 0.5) is 0 Å². The zero-order chi connectivity index (χ0) is 15.9. The summed E-state index contributed by atoms with van der Waals surface area (Å²) in [6.45, 7) is 3.28. The Morgan fingerprint density at radius 2 is 2.09 bits per heavy atom. The molecule has 0 atom stereocenters. The van der Waals surface area contributed by atoms with Crippen molar-refractivity contribution in [3.63, 3.8) is 0 Å². The normalized spacial score (nSPS) is 11.0. The van der Waals surface area contributed by atoms with E-state index in [0.29, 0.717) is 6.54 Å². The molecule has 2 rings (SSSR count). The van der Waals surface area contributed by atoms with E-state index in [-0.39, 0.29) is 24.0 Å². The quantitative estimate of drug-likeness (QED) is 0.418. The van der Waals surface area contributed by atoms with Crippen LogP contribution in [0.25, 0.3) is 0 Å². The van der Waals surface area contributed by atoms with Crippen LogP contribution >= 0.6 is 35.6 Å². The van der Waals surface area contributed by atoms with Gasteiger partial charge in [0.2, 0.25) is 0 Å². The predicted molar refractivity (Wildman–Crippen MR) is 105 cm³/mol. The number of guanidine groups is 1. The molecule has 0 aliphatic rings. The van der Waals surface area contributed by atoms with Gasteiger partial charge in [0, 0.05) is 25.7 Å². The number of rotatable bonds is 5. The molecule has 0 radical (unpaired) electrons. The summed E-state index contributed by atoms with van der Waals surface area (Å²) in [4.78, 5) is 4.20. The lowest BCUT2D eigenvalue weighted by Gasteiger charge is -2.11. The summed E-state index contributed by atoms with van der Waals surface area (Å²) in [7, 11) is 3.69. The van der Waals surface area contributed by atoms with Gasteiger partial charge in [-0.3, -0.25) is 4.99 Å². The molecule has 1 heterocycles. The van der Waals surface area contributed by atoms with Crippen LogP contribution in [0.1, 0.15) is 17.2 Å². The lowest BCUT2D eigenvalue weighted by molar-refractivity contribution is 0.716. The number of hydrogen-bond donors (Lipinski definition) is 2. The Morgan fingerprint density at radius 1 is 1.30 bits per heavy atom. The van der Waals surface area contributed by atoms with Crippen molar-refractivity contribution >= 4 is 41.5 Å². The zero-order valence-electron chi connectivity index (χ0n) is 13.5. The van der Waals surface area contributed by atoms with Gasteiger partial charge in [-0.15, -0.1) is 34.2 Å². The molecule has 8 heteroatoms. The summed E-state index contributed by atoms with van der Waals surface area (Å²) in [5, 5.41) is 15.4. The number of aryl methyl sites for hydroxylation is 1. The Kier molecular flexibility index (Phi) is 8.32. The first-order valence-corrected chi connectivity index (χ1v) is 7.51. The SMILES string of the molecule is CN=C(NCCc1cccc(Cl)c1)NCc1nnc(C)n1C.I. The Hall–Kier alpha value is -1.35. The van der Waals surface area contributed by atoms with E-state index < -0.39 is 0 Å². The Balaban J connectivity index is 0.00000264. The molecule has 126 valence electrons. The maximum absolute atomic E-state index is 5.98. The molecular weight excluding hydrogens is 427 g/mol. The van der Waals surface area contributed by atoms with E-state index in [1.54, 1.807) is 7.05 Å². The molecule has 0 amide bonds. The second-order valence-corrected chi connectivity index (χ2v) is 5.39.